The Labute approximate surface area is 107 Å². The molecule has 8 nitrogen and oxygen atoms in total. The summed E-state index contributed by atoms with van der Waals surface area (Å²) in [5, 5.41) is 4.30. The molecule has 0 saturated carbocycles. The van der Waals surface area contributed by atoms with Crippen LogP contribution in [0.5, 0.6) is 0 Å². The van der Waals surface area contributed by atoms with Crippen molar-refractivity contribution in [1.29, 1.82) is 0 Å². The van der Waals surface area contributed by atoms with Gasteiger partial charge in [0.15, 0.2) is 11.2 Å². The van der Waals surface area contributed by atoms with E-state index in [0.29, 0.717) is 11.5 Å². The van der Waals surface area contributed by atoms with E-state index in [-0.39, 0.29) is 11.2 Å². The number of rotatable bonds is 0. The van der Waals surface area contributed by atoms with Gasteiger partial charge in [-0.25, -0.2) is 9.78 Å². The van der Waals surface area contributed by atoms with Crippen LogP contribution in [0.25, 0.3) is 16.9 Å². The van der Waals surface area contributed by atoms with Crippen LogP contribution in [0, 0.1) is 13.8 Å². The molecule has 0 amide bonds. The third-order valence-corrected chi connectivity index (χ3v) is 3.26. The van der Waals surface area contributed by atoms with Crippen LogP contribution in [0.1, 0.15) is 11.4 Å². The average molecular weight is 260 g/mol. The van der Waals surface area contributed by atoms with Crippen LogP contribution < -0.4 is 11.2 Å². The number of hydrogen-bond donors (Lipinski definition) is 0. The second-order valence-corrected chi connectivity index (χ2v) is 4.48. The largest absolute Gasteiger partial charge is 0.332 e. The van der Waals surface area contributed by atoms with E-state index < -0.39 is 11.2 Å². The fraction of sp³-hybridized carbons (Fsp3) is 0.364. The number of fused-ring (bicyclic) bond motifs is 3. The van der Waals surface area contributed by atoms with Crippen molar-refractivity contribution in [3.8, 4) is 0 Å². The van der Waals surface area contributed by atoms with Gasteiger partial charge in [-0.15, -0.1) is 0 Å². The van der Waals surface area contributed by atoms with Gasteiger partial charge in [0.25, 0.3) is 11.3 Å². The summed E-state index contributed by atoms with van der Waals surface area (Å²) in [5.74, 6) is 0.316. The van der Waals surface area contributed by atoms with Crippen LogP contribution in [-0.4, -0.2) is 28.7 Å². The van der Waals surface area contributed by atoms with Crippen LogP contribution >= 0.6 is 0 Å². The molecule has 0 unspecified atom stereocenters. The van der Waals surface area contributed by atoms with Gasteiger partial charge in [-0.1, -0.05) is 0 Å². The van der Waals surface area contributed by atoms with E-state index in [1.54, 1.807) is 14.0 Å². The van der Waals surface area contributed by atoms with E-state index in [1.807, 2.05) is 6.92 Å². The molecule has 3 heterocycles. The van der Waals surface area contributed by atoms with Crippen LogP contribution in [0.2, 0.25) is 0 Å². The molecular formula is C11H12N6O2. The molecule has 0 radical (unpaired) electrons. The SMILES string of the molecule is Cc1nc2nc3c(c(=O)n(C)c(=O)n3C)n2nc1C. The first kappa shape index (κ1) is 11.6. The molecule has 0 saturated heterocycles. The summed E-state index contributed by atoms with van der Waals surface area (Å²) >= 11 is 0. The van der Waals surface area contributed by atoms with Crippen molar-refractivity contribution in [3.63, 3.8) is 0 Å². The predicted molar refractivity (Wildman–Crippen MR) is 68.2 cm³/mol. The first-order valence-electron chi connectivity index (χ1n) is 5.71. The van der Waals surface area contributed by atoms with E-state index in [1.165, 1.54) is 16.1 Å². The molecule has 3 aromatic rings. The minimum Gasteiger partial charge on any atom is -0.279 e. The number of nitrogens with zero attached hydrogens (tertiary/aromatic N) is 6. The van der Waals surface area contributed by atoms with E-state index in [9.17, 15) is 9.59 Å². The smallest absolute Gasteiger partial charge is 0.279 e. The highest BCUT2D eigenvalue weighted by Gasteiger charge is 2.17. The maximum atomic E-state index is 12.2. The molecule has 8 heteroatoms. The highest BCUT2D eigenvalue weighted by molar-refractivity contribution is 5.74. The minimum atomic E-state index is -0.428. The molecule has 98 valence electrons. The van der Waals surface area contributed by atoms with Crippen molar-refractivity contribution < 1.29 is 0 Å². The van der Waals surface area contributed by atoms with Crippen molar-refractivity contribution in [2.75, 3.05) is 0 Å². The topological polar surface area (TPSA) is 87.1 Å². The summed E-state index contributed by atoms with van der Waals surface area (Å²) < 4.78 is 3.74. The average Bonchev–Trinajstić information content (AvgIpc) is 2.73. The number of hydrogen-bond acceptors (Lipinski definition) is 5. The van der Waals surface area contributed by atoms with Gasteiger partial charge < -0.3 is 0 Å². The Balaban J connectivity index is 2.71. The van der Waals surface area contributed by atoms with E-state index >= 15 is 0 Å². The van der Waals surface area contributed by atoms with Crippen LogP contribution in [0.4, 0.5) is 0 Å². The molecule has 19 heavy (non-hydrogen) atoms. The van der Waals surface area contributed by atoms with E-state index in [2.05, 4.69) is 15.1 Å². The van der Waals surface area contributed by atoms with Gasteiger partial charge in [-0.05, 0) is 13.8 Å². The van der Waals surface area contributed by atoms with Gasteiger partial charge >= 0.3 is 5.69 Å². The maximum absolute atomic E-state index is 12.2. The Kier molecular flexibility index (Phi) is 2.13. The van der Waals surface area contributed by atoms with Gasteiger partial charge in [0.2, 0.25) is 0 Å². The fourth-order valence-electron chi connectivity index (χ4n) is 1.99. The molecule has 0 aromatic carbocycles. The molecular weight excluding hydrogens is 248 g/mol. The molecule has 0 spiro atoms. The monoisotopic (exact) mass is 260 g/mol. The number of aromatic nitrogens is 6. The Hall–Kier alpha value is -2.51. The second kappa shape index (κ2) is 3.50. The fourth-order valence-corrected chi connectivity index (χ4v) is 1.99. The highest BCUT2D eigenvalue weighted by Crippen LogP contribution is 2.10. The van der Waals surface area contributed by atoms with Gasteiger partial charge in [-0.2, -0.15) is 14.6 Å². The zero-order valence-electron chi connectivity index (χ0n) is 11.0. The van der Waals surface area contributed by atoms with Crippen molar-refractivity contribution in [3.05, 3.63) is 32.2 Å². The Morgan fingerprint density at radius 2 is 1.63 bits per heavy atom. The summed E-state index contributed by atoms with van der Waals surface area (Å²) in [6.07, 6.45) is 0. The van der Waals surface area contributed by atoms with Crippen LogP contribution in [0.15, 0.2) is 9.59 Å². The lowest BCUT2D eigenvalue weighted by Crippen LogP contribution is -2.37. The minimum absolute atomic E-state index is 0.259. The third-order valence-electron chi connectivity index (χ3n) is 3.26. The number of imidazole rings is 1. The number of aryl methyl sites for hydroxylation is 3. The van der Waals surface area contributed by atoms with Gasteiger partial charge in [0, 0.05) is 14.1 Å². The summed E-state index contributed by atoms with van der Waals surface area (Å²) in [4.78, 5) is 32.5. The van der Waals surface area contributed by atoms with Crippen molar-refractivity contribution in [2.24, 2.45) is 14.1 Å². The molecule has 0 aliphatic heterocycles. The molecule has 0 aliphatic rings. The summed E-state index contributed by atoms with van der Waals surface area (Å²) in [6.45, 7) is 3.62. The van der Waals surface area contributed by atoms with E-state index in [4.69, 9.17) is 0 Å². The third kappa shape index (κ3) is 1.36. The Morgan fingerprint density at radius 3 is 2.32 bits per heavy atom. The van der Waals surface area contributed by atoms with Crippen LogP contribution in [-0.2, 0) is 14.1 Å². The lowest BCUT2D eigenvalue weighted by molar-refractivity contribution is 0.705. The molecule has 0 atom stereocenters. The second-order valence-electron chi connectivity index (χ2n) is 4.48. The van der Waals surface area contributed by atoms with Crippen molar-refractivity contribution >= 4 is 16.9 Å². The molecule has 0 bridgehead atoms. The standard InChI is InChI=1S/C11H12N6O2/c1-5-6(2)14-17-7-8(13-10(17)12-5)15(3)11(19)16(4)9(7)18/h1-4H3. The first-order chi connectivity index (χ1) is 8.91. The van der Waals surface area contributed by atoms with Gasteiger partial charge in [-0.3, -0.25) is 13.9 Å². The van der Waals surface area contributed by atoms with Gasteiger partial charge in [0.05, 0.1) is 11.4 Å². The van der Waals surface area contributed by atoms with E-state index in [0.717, 1.165) is 10.3 Å². The molecule has 3 rings (SSSR count). The lowest BCUT2D eigenvalue weighted by atomic mass is 10.4. The van der Waals surface area contributed by atoms with Gasteiger partial charge in [0.1, 0.15) is 0 Å². The maximum Gasteiger partial charge on any atom is 0.332 e. The quantitative estimate of drug-likeness (QED) is 0.533. The highest BCUT2D eigenvalue weighted by atomic mass is 16.2. The summed E-state index contributed by atoms with van der Waals surface area (Å²) in [7, 11) is 2.99. The normalized spacial score (nSPS) is 11.6. The van der Waals surface area contributed by atoms with Crippen molar-refractivity contribution in [1.82, 2.24) is 28.7 Å². The lowest BCUT2D eigenvalue weighted by Gasteiger charge is -2.02. The summed E-state index contributed by atoms with van der Waals surface area (Å²) in [6, 6.07) is 0. The molecule has 0 fully saturated rings. The Morgan fingerprint density at radius 1 is 0.947 bits per heavy atom. The summed E-state index contributed by atoms with van der Waals surface area (Å²) in [5.41, 5.74) is 1.15. The Bertz CT molecular complexity index is 946. The zero-order chi connectivity index (χ0) is 13.9. The zero-order valence-corrected chi connectivity index (χ0v) is 11.0. The molecule has 0 aliphatic carbocycles. The first-order valence-corrected chi connectivity index (χ1v) is 5.71. The molecule has 3 aromatic heterocycles. The van der Waals surface area contributed by atoms with Crippen LogP contribution in [0.3, 0.4) is 0 Å². The van der Waals surface area contributed by atoms with Crippen molar-refractivity contribution in [2.45, 2.75) is 13.8 Å². The predicted octanol–water partition coefficient (Wildman–Crippen LogP) is -0.708. The molecule has 0 N–H and O–H groups in total.